The lowest BCUT2D eigenvalue weighted by molar-refractivity contribution is 0.854. The molecule has 0 saturated carbocycles. The third kappa shape index (κ3) is 3.14. The first-order chi connectivity index (χ1) is 11.8. The molecular weight excluding hydrogens is 318 g/mol. The highest BCUT2D eigenvalue weighted by Crippen LogP contribution is 2.27. The van der Waals surface area contributed by atoms with Crippen LogP contribution < -0.4 is 10.2 Å². The maximum atomic E-state index is 4.51. The zero-order valence-corrected chi connectivity index (χ0v) is 14.4. The van der Waals surface area contributed by atoms with Gasteiger partial charge in [0, 0.05) is 48.4 Å². The van der Waals surface area contributed by atoms with Crippen molar-refractivity contribution in [1.82, 2.24) is 15.0 Å². The molecule has 5 nitrogen and oxygen atoms in total. The van der Waals surface area contributed by atoms with Crippen molar-refractivity contribution in [3.63, 3.8) is 0 Å². The number of nitrogens with one attached hydrogen (secondary N) is 1. The molecule has 0 spiro atoms. The smallest absolute Gasteiger partial charge is 0.180 e. The third-order valence-electron chi connectivity index (χ3n) is 4.15. The largest absolute Gasteiger partial charge is 0.370 e. The van der Waals surface area contributed by atoms with Crippen molar-refractivity contribution in [3.8, 4) is 0 Å². The number of thioether (sulfide) groups is 1. The van der Waals surface area contributed by atoms with Gasteiger partial charge in [0.1, 0.15) is 11.3 Å². The second kappa shape index (κ2) is 6.65. The van der Waals surface area contributed by atoms with Crippen molar-refractivity contribution < 1.29 is 0 Å². The molecule has 0 aliphatic carbocycles. The summed E-state index contributed by atoms with van der Waals surface area (Å²) in [6.07, 6.45) is 3.34. The van der Waals surface area contributed by atoms with E-state index in [0.29, 0.717) is 5.65 Å². The fraction of sp³-hybridized carbons (Fsp3) is 0.278. The van der Waals surface area contributed by atoms with Crippen LogP contribution >= 0.6 is 11.8 Å². The molecule has 1 fully saturated rings. The number of benzene rings is 1. The van der Waals surface area contributed by atoms with E-state index in [4.69, 9.17) is 0 Å². The monoisotopic (exact) mass is 337 g/mol. The number of anilines is 3. The van der Waals surface area contributed by atoms with Gasteiger partial charge in [0.15, 0.2) is 5.65 Å². The minimum Gasteiger partial charge on any atom is -0.370 e. The van der Waals surface area contributed by atoms with Gasteiger partial charge in [-0.3, -0.25) is 4.98 Å². The van der Waals surface area contributed by atoms with E-state index in [1.165, 1.54) is 22.8 Å². The number of nitrogens with zero attached hydrogens (tertiary/aromatic N) is 4. The zero-order chi connectivity index (χ0) is 16.4. The summed E-state index contributed by atoms with van der Waals surface area (Å²) in [5, 5.41) is 3.37. The minimum absolute atomic E-state index is 0.654. The van der Waals surface area contributed by atoms with E-state index in [1.807, 2.05) is 23.9 Å². The molecule has 6 heteroatoms. The lowest BCUT2D eigenvalue weighted by Gasteiger charge is -2.30. The highest BCUT2D eigenvalue weighted by atomic mass is 32.2. The molecule has 0 amide bonds. The molecular formula is C18H19N5S. The fourth-order valence-electron chi connectivity index (χ4n) is 2.96. The van der Waals surface area contributed by atoms with Crippen LogP contribution in [-0.4, -0.2) is 39.5 Å². The molecule has 1 aromatic carbocycles. The van der Waals surface area contributed by atoms with E-state index in [2.05, 4.69) is 50.3 Å². The SMILES string of the molecule is Cc1cc(Nc2ccc3nccnc3n2)ccc1N1CCSCC1. The van der Waals surface area contributed by atoms with Gasteiger partial charge in [0.25, 0.3) is 0 Å². The number of aromatic nitrogens is 3. The van der Waals surface area contributed by atoms with Crippen LogP contribution in [0, 0.1) is 6.92 Å². The summed E-state index contributed by atoms with van der Waals surface area (Å²) in [6, 6.07) is 10.4. The number of hydrogen-bond donors (Lipinski definition) is 1. The second-order valence-corrected chi connectivity index (χ2v) is 7.05. The van der Waals surface area contributed by atoms with Crippen molar-refractivity contribution in [2.45, 2.75) is 6.92 Å². The Morgan fingerprint density at radius 3 is 2.71 bits per heavy atom. The van der Waals surface area contributed by atoms with Crippen molar-refractivity contribution in [2.24, 2.45) is 0 Å². The minimum atomic E-state index is 0.654. The Morgan fingerprint density at radius 1 is 1.04 bits per heavy atom. The first-order valence-corrected chi connectivity index (χ1v) is 9.23. The van der Waals surface area contributed by atoms with Crippen molar-refractivity contribution in [3.05, 3.63) is 48.3 Å². The van der Waals surface area contributed by atoms with E-state index >= 15 is 0 Å². The number of rotatable bonds is 3. The summed E-state index contributed by atoms with van der Waals surface area (Å²) in [4.78, 5) is 15.5. The fourth-order valence-corrected chi connectivity index (χ4v) is 3.87. The van der Waals surface area contributed by atoms with Crippen LogP contribution in [0.4, 0.5) is 17.2 Å². The van der Waals surface area contributed by atoms with Crippen LogP contribution in [0.25, 0.3) is 11.2 Å². The molecule has 0 bridgehead atoms. The molecule has 24 heavy (non-hydrogen) atoms. The van der Waals surface area contributed by atoms with Crippen molar-refractivity contribution in [1.29, 1.82) is 0 Å². The van der Waals surface area contributed by atoms with E-state index in [1.54, 1.807) is 12.4 Å². The predicted octanol–water partition coefficient (Wildman–Crippen LogP) is 3.63. The van der Waals surface area contributed by atoms with E-state index < -0.39 is 0 Å². The molecule has 1 N–H and O–H groups in total. The van der Waals surface area contributed by atoms with Crippen LogP contribution in [0.15, 0.2) is 42.7 Å². The molecule has 2 aromatic heterocycles. The summed E-state index contributed by atoms with van der Waals surface area (Å²) in [7, 11) is 0. The Morgan fingerprint density at radius 2 is 1.88 bits per heavy atom. The van der Waals surface area contributed by atoms with Crippen LogP contribution in [0.1, 0.15) is 5.56 Å². The van der Waals surface area contributed by atoms with Gasteiger partial charge >= 0.3 is 0 Å². The average molecular weight is 337 g/mol. The normalized spacial score (nSPS) is 14.8. The average Bonchev–Trinajstić information content (AvgIpc) is 2.62. The quantitative estimate of drug-likeness (QED) is 0.788. The van der Waals surface area contributed by atoms with Gasteiger partial charge in [-0.15, -0.1) is 0 Å². The number of pyridine rings is 1. The highest BCUT2D eigenvalue weighted by Gasteiger charge is 2.13. The molecule has 0 unspecified atom stereocenters. The summed E-state index contributed by atoms with van der Waals surface area (Å²) in [6.45, 7) is 4.42. The van der Waals surface area contributed by atoms with Gasteiger partial charge in [-0.1, -0.05) is 0 Å². The molecule has 3 aromatic rings. The molecule has 122 valence electrons. The Labute approximate surface area is 145 Å². The summed E-state index contributed by atoms with van der Waals surface area (Å²) < 4.78 is 0. The number of fused-ring (bicyclic) bond motifs is 1. The van der Waals surface area contributed by atoms with Crippen LogP contribution in [-0.2, 0) is 0 Å². The zero-order valence-electron chi connectivity index (χ0n) is 13.6. The van der Waals surface area contributed by atoms with Gasteiger partial charge in [0.05, 0.1) is 0 Å². The number of aryl methyl sites for hydroxylation is 1. The topological polar surface area (TPSA) is 53.9 Å². The lowest BCUT2D eigenvalue weighted by atomic mass is 10.1. The second-order valence-electron chi connectivity index (χ2n) is 5.82. The summed E-state index contributed by atoms with van der Waals surface area (Å²) >= 11 is 2.03. The first-order valence-electron chi connectivity index (χ1n) is 8.08. The Hall–Kier alpha value is -2.34. The molecule has 1 saturated heterocycles. The molecule has 0 radical (unpaired) electrons. The van der Waals surface area contributed by atoms with Gasteiger partial charge in [-0.2, -0.15) is 11.8 Å². The predicted molar refractivity (Wildman–Crippen MR) is 101 cm³/mol. The van der Waals surface area contributed by atoms with Crippen LogP contribution in [0.5, 0.6) is 0 Å². The van der Waals surface area contributed by atoms with E-state index in [9.17, 15) is 0 Å². The van der Waals surface area contributed by atoms with Gasteiger partial charge in [-0.05, 0) is 42.8 Å². The molecule has 4 rings (SSSR count). The Kier molecular flexibility index (Phi) is 4.21. The lowest BCUT2D eigenvalue weighted by Crippen LogP contribution is -2.32. The highest BCUT2D eigenvalue weighted by molar-refractivity contribution is 7.99. The van der Waals surface area contributed by atoms with Gasteiger partial charge < -0.3 is 10.2 Å². The van der Waals surface area contributed by atoms with Gasteiger partial charge in [-0.25, -0.2) is 9.97 Å². The Bertz CT molecular complexity index is 861. The summed E-state index contributed by atoms with van der Waals surface area (Å²) in [5.74, 6) is 3.20. The van der Waals surface area contributed by atoms with Crippen molar-refractivity contribution in [2.75, 3.05) is 34.8 Å². The third-order valence-corrected chi connectivity index (χ3v) is 5.10. The van der Waals surface area contributed by atoms with Gasteiger partial charge in [0.2, 0.25) is 0 Å². The first kappa shape index (κ1) is 15.2. The van der Waals surface area contributed by atoms with E-state index in [0.717, 1.165) is 30.1 Å². The standard InChI is InChI=1S/C18H19N5S/c1-13-12-14(2-4-16(13)23-8-10-24-11-9-23)21-17-5-3-15-18(22-17)20-7-6-19-15/h2-7,12H,8-11H2,1H3,(H,20,21,22). The number of hydrogen-bond acceptors (Lipinski definition) is 6. The Balaban J connectivity index is 1.56. The summed E-state index contributed by atoms with van der Waals surface area (Å²) in [5.41, 5.74) is 5.11. The molecule has 1 aliphatic rings. The maximum Gasteiger partial charge on any atom is 0.180 e. The molecule has 3 heterocycles. The molecule has 1 aliphatic heterocycles. The van der Waals surface area contributed by atoms with E-state index in [-0.39, 0.29) is 0 Å². The molecule has 0 atom stereocenters. The van der Waals surface area contributed by atoms with Crippen LogP contribution in [0.3, 0.4) is 0 Å². The van der Waals surface area contributed by atoms with Crippen molar-refractivity contribution >= 4 is 40.1 Å². The maximum absolute atomic E-state index is 4.51. The van der Waals surface area contributed by atoms with Crippen LogP contribution in [0.2, 0.25) is 0 Å².